The van der Waals surface area contributed by atoms with Crippen LogP contribution in [0.3, 0.4) is 0 Å². The highest BCUT2D eigenvalue weighted by atomic mass is 16.6. The number of hydrogen-bond acceptors (Lipinski definition) is 5. The molecule has 2 heterocycles. The molecule has 0 atom stereocenters. The zero-order chi connectivity index (χ0) is 22.7. The molecule has 1 amide bonds. The van der Waals surface area contributed by atoms with Gasteiger partial charge < -0.3 is 14.4 Å². The van der Waals surface area contributed by atoms with E-state index in [1.54, 1.807) is 23.1 Å². The van der Waals surface area contributed by atoms with Gasteiger partial charge in [0.05, 0.1) is 0 Å². The quantitative estimate of drug-likeness (QED) is 0.637. The Morgan fingerprint density at radius 3 is 2.38 bits per heavy atom. The number of Topliss-reactive ketones (excluding diaryl/α,β-unsaturated/α-hetero) is 2. The van der Waals surface area contributed by atoms with Crippen molar-refractivity contribution in [3.8, 4) is 11.5 Å². The Kier molecular flexibility index (Phi) is 6.58. The lowest BCUT2D eigenvalue weighted by molar-refractivity contribution is -0.132. The molecule has 0 aromatic heterocycles. The number of carbonyl (C=O) groups excluding carboxylic acids is 3. The molecule has 4 rings (SSSR count). The molecule has 1 fully saturated rings. The minimum Gasteiger partial charge on any atom is -0.486 e. The topological polar surface area (TPSA) is 72.9 Å². The Labute approximate surface area is 188 Å². The molecule has 32 heavy (non-hydrogen) atoms. The van der Waals surface area contributed by atoms with Crippen molar-refractivity contribution in [3.05, 3.63) is 58.7 Å². The molecule has 6 heteroatoms. The summed E-state index contributed by atoms with van der Waals surface area (Å²) in [7, 11) is 0. The molecular weight excluding hydrogens is 406 g/mol. The van der Waals surface area contributed by atoms with E-state index in [1.165, 1.54) is 0 Å². The normalized spacial score (nSPS) is 16.0. The van der Waals surface area contributed by atoms with E-state index in [2.05, 4.69) is 0 Å². The van der Waals surface area contributed by atoms with Gasteiger partial charge in [0.1, 0.15) is 13.2 Å². The minimum atomic E-state index is -0.113. The zero-order valence-electron chi connectivity index (χ0n) is 18.7. The smallest absolute Gasteiger partial charge is 0.223 e. The minimum absolute atomic E-state index is 0.00298. The third kappa shape index (κ3) is 4.85. The fraction of sp³-hybridized carbons (Fsp3) is 0.423. The Hall–Kier alpha value is -3.15. The summed E-state index contributed by atoms with van der Waals surface area (Å²) in [5.74, 6) is 1.24. The third-order valence-corrected chi connectivity index (χ3v) is 6.30. The molecular formula is C26H29NO5. The van der Waals surface area contributed by atoms with E-state index in [-0.39, 0.29) is 36.2 Å². The van der Waals surface area contributed by atoms with E-state index in [1.807, 2.05) is 32.0 Å². The first-order valence-corrected chi connectivity index (χ1v) is 11.2. The van der Waals surface area contributed by atoms with Crippen molar-refractivity contribution in [3.63, 3.8) is 0 Å². The van der Waals surface area contributed by atoms with Crippen LogP contribution in [0, 0.1) is 19.8 Å². The molecule has 2 aromatic carbocycles. The Bertz CT molecular complexity index is 1040. The fourth-order valence-electron chi connectivity index (χ4n) is 4.37. The van der Waals surface area contributed by atoms with E-state index in [4.69, 9.17) is 9.47 Å². The van der Waals surface area contributed by atoms with Crippen molar-refractivity contribution in [1.29, 1.82) is 0 Å². The van der Waals surface area contributed by atoms with Gasteiger partial charge >= 0.3 is 0 Å². The van der Waals surface area contributed by atoms with Crippen LogP contribution in [0.1, 0.15) is 57.5 Å². The maximum atomic E-state index is 12.9. The predicted molar refractivity (Wildman–Crippen MR) is 121 cm³/mol. The van der Waals surface area contributed by atoms with Gasteiger partial charge in [-0.2, -0.15) is 0 Å². The summed E-state index contributed by atoms with van der Waals surface area (Å²) < 4.78 is 11.1. The third-order valence-electron chi connectivity index (χ3n) is 6.30. The van der Waals surface area contributed by atoms with Gasteiger partial charge in [-0.3, -0.25) is 14.4 Å². The van der Waals surface area contributed by atoms with Gasteiger partial charge in [-0.15, -0.1) is 0 Å². The van der Waals surface area contributed by atoms with E-state index >= 15 is 0 Å². The summed E-state index contributed by atoms with van der Waals surface area (Å²) in [6.45, 7) is 5.95. The van der Waals surface area contributed by atoms with E-state index in [9.17, 15) is 14.4 Å². The second kappa shape index (κ2) is 9.55. The number of ketones is 2. The van der Waals surface area contributed by atoms with Crippen molar-refractivity contribution in [2.45, 2.75) is 39.5 Å². The van der Waals surface area contributed by atoms with Crippen LogP contribution in [-0.2, 0) is 4.79 Å². The van der Waals surface area contributed by atoms with E-state index < -0.39 is 0 Å². The molecule has 0 spiro atoms. The van der Waals surface area contributed by atoms with E-state index in [0.717, 1.165) is 11.1 Å². The monoisotopic (exact) mass is 435 g/mol. The number of nitrogens with zero attached hydrogens (tertiary/aromatic N) is 1. The van der Waals surface area contributed by atoms with Crippen molar-refractivity contribution in [2.24, 2.45) is 5.92 Å². The summed E-state index contributed by atoms with van der Waals surface area (Å²) in [6, 6.07) is 11.1. The number of rotatable bonds is 6. The highest BCUT2D eigenvalue weighted by Gasteiger charge is 2.29. The van der Waals surface area contributed by atoms with Gasteiger partial charge in [0.2, 0.25) is 5.91 Å². The van der Waals surface area contributed by atoms with Gasteiger partial charge in [-0.25, -0.2) is 0 Å². The van der Waals surface area contributed by atoms with Crippen LogP contribution in [0.15, 0.2) is 36.4 Å². The molecule has 0 aliphatic carbocycles. The predicted octanol–water partition coefficient (Wildman–Crippen LogP) is 4.16. The van der Waals surface area contributed by atoms with Gasteiger partial charge in [0.15, 0.2) is 23.1 Å². The average molecular weight is 436 g/mol. The molecule has 2 aromatic rings. The number of hydrogen-bond donors (Lipinski definition) is 0. The number of carbonyl (C=O) groups is 3. The SMILES string of the molecule is Cc1ccc(C)c(C(=O)CCC(=O)N2CCC(C(=O)c3ccc4c(c3)OCCO4)CC2)c1. The fourth-order valence-corrected chi connectivity index (χ4v) is 4.37. The summed E-state index contributed by atoms with van der Waals surface area (Å²) in [6.07, 6.45) is 1.67. The van der Waals surface area contributed by atoms with Gasteiger partial charge in [-0.05, 0) is 56.5 Å². The second-order valence-corrected chi connectivity index (χ2v) is 8.62. The van der Waals surface area contributed by atoms with E-state index in [0.29, 0.717) is 61.8 Å². The van der Waals surface area contributed by atoms with Crippen LogP contribution in [0.4, 0.5) is 0 Å². The summed E-state index contributed by atoms with van der Waals surface area (Å²) in [5.41, 5.74) is 3.29. The number of aryl methyl sites for hydroxylation is 2. The van der Waals surface area contributed by atoms with Gasteiger partial charge in [-0.1, -0.05) is 17.7 Å². The summed E-state index contributed by atoms with van der Waals surface area (Å²) in [5, 5.41) is 0. The molecule has 0 saturated carbocycles. The summed E-state index contributed by atoms with van der Waals surface area (Å²) in [4.78, 5) is 40.0. The second-order valence-electron chi connectivity index (χ2n) is 8.62. The molecule has 2 aliphatic rings. The van der Waals surface area contributed by atoms with Gasteiger partial charge in [0.25, 0.3) is 0 Å². The van der Waals surface area contributed by atoms with Crippen LogP contribution in [0.25, 0.3) is 0 Å². The molecule has 6 nitrogen and oxygen atoms in total. The number of amides is 1. The zero-order valence-corrected chi connectivity index (χ0v) is 18.7. The van der Waals surface area contributed by atoms with Crippen molar-refractivity contribution in [2.75, 3.05) is 26.3 Å². The first-order valence-electron chi connectivity index (χ1n) is 11.2. The molecule has 0 radical (unpaired) electrons. The number of piperidine rings is 1. The first kappa shape index (κ1) is 22.1. The lowest BCUT2D eigenvalue weighted by Gasteiger charge is -2.31. The largest absolute Gasteiger partial charge is 0.486 e. The highest BCUT2D eigenvalue weighted by Crippen LogP contribution is 2.32. The molecule has 0 unspecified atom stereocenters. The van der Waals surface area contributed by atoms with Crippen LogP contribution >= 0.6 is 0 Å². The van der Waals surface area contributed by atoms with Crippen LogP contribution in [-0.4, -0.2) is 48.7 Å². The number of benzene rings is 2. The van der Waals surface area contributed by atoms with Gasteiger partial charge in [0, 0.05) is 43.0 Å². The lowest BCUT2D eigenvalue weighted by Crippen LogP contribution is -2.40. The summed E-state index contributed by atoms with van der Waals surface area (Å²) >= 11 is 0. The standard InChI is InChI=1S/C26H29NO5/c1-17-3-4-18(2)21(15-17)22(28)6-8-25(29)27-11-9-19(10-12-27)26(30)20-5-7-23-24(16-20)32-14-13-31-23/h3-5,7,15-16,19H,6,8-14H2,1-2H3. The number of fused-ring (bicyclic) bond motifs is 1. The van der Waals surface area contributed by atoms with Crippen LogP contribution < -0.4 is 9.47 Å². The van der Waals surface area contributed by atoms with Crippen molar-refractivity contribution in [1.82, 2.24) is 4.90 Å². The maximum Gasteiger partial charge on any atom is 0.223 e. The molecule has 168 valence electrons. The first-order chi connectivity index (χ1) is 15.4. The lowest BCUT2D eigenvalue weighted by atomic mass is 9.88. The maximum absolute atomic E-state index is 12.9. The molecule has 0 N–H and O–H groups in total. The van der Waals surface area contributed by atoms with Crippen LogP contribution in [0.5, 0.6) is 11.5 Å². The van der Waals surface area contributed by atoms with Crippen molar-refractivity contribution >= 4 is 17.5 Å². The average Bonchev–Trinajstić information content (AvgIpc) is 2.83. The molecule has 1 saturated heterocycles. The number of likely N-dealkylation sites (tertiary alicyclic amines) is 1. The Morgan fingerprint density at radius 2 is 1.62 bits per heavy atom. The Balaban J connectivity index is 1.28. The Morgan fingerprint density at radius 1 is 0.906 bits per heavy atom. The highest BCUT2D eigenvalue weighted by molar-refractivity contribution is 6.00. The molecule has 2 aliphatic heterocycles. The van der Waals surface area contributed by atoms with Crippen LogP contribution in [0.2, 0.25) is 0 Å². The molecule has 0 bridgehead atoms. The number of ether oxygens (including phenoxy) is 2. The van der Waals surface area contributed by atoms with Crippen molar-refractivity contribution < 1.29 is 23.9 Å².